The van der Waals surface area contributed by atoms with Crippen molar-refractivity contribution in [3.8, 4) is 0 Å². The highest BCUT2D eigenvalue weighted by atomic mass is 16.3. The number of pyridine rings is 1. The first-order valence-electron chi connectivity index (χ1n) is 7.08. The molecule has 0 fully saturated rings. The van der Waals surface area contributed by atoms with E-state index in [0.717, 1.165) is 35.5 Å². The topological polar surface area (TPSA) is 48.9 Å². The summed E-state index contributed by atoms with van der Waals surface area (Å²) in [7, 11) is 0. The molecule has 3 heteroatoms. The molecule has 1 atom stereocenters. The molecular formula is C16H22N2O. The maximum atomic E-state index is 9.19. The summed E-state index contributed by atoms with van der Waals surface area (Å²) in [6, 6.07) is 4.18. The predicted octanol–water partition coefficient (Wildman–Crippen LogP) is 3.21. The number of fused-ring (bicyclic) bond motifs is 2. The Morgan fingerprint density at radius 3 is 2.84 bits per heavy atom. The molecule has 0 spiro atoms. The Bertz CT molecular complexity index is 607. The molecular weight excluding hydrogens is 236 g/mol. The lowest BCUT2D eigenvalue weighted by Crippen LogP contribution is -2.27. The van der Waals surface area contributed by atoms with Crippen LogP contribution in [0.2, 0.25) is 0 Å². The number of nitrogens with one attached hydrogen (secondary N) is 1. The molecule has 0 saturated carbocycles. The van der Waals surface area contributed by atoms with Gasteiger partial charge in [0.1, 0.15) is 0 Å². The van der Waals surface area contributed by atoms with Crippen LogP contribution in [0.5, 0.6) is 0 Å². The highest BCUT2D eigenvalue weighted by molar-refractivity contribution is 5.77. The van der Waals surface area contributed by atoms with Crippen LogP contribution in [0.25, 0.3) is 11.0 Å². The molecule has 0 aliphatic heterocycles. The van der Waals surface area contributed by atoms with E-state index in [1.54, 1.807) is 0 Å². The number of aromatic nitrogens is 2. The molecule has 0 amide bonds. The van der Waals surface area contributed by atoms with Gasteiger partial charge in [0.25, 0.3) is 0 Å². The van der Waals surface area contributed by atoms with Crippen LogP contribution in [0.15, 0.2) is 12.1 Å². The molecule has 0 saturated heterocycles. The van der Waals surface area contributed by atoms with Crippen molar-refractivity contribution in [3.63, 3.8) is 0 Å². The van der Waals surface area contributed by atoms with Crippen molar-refractivity contribution in [2.75, 3.05) is 0 Å². The van der Waals surface area contributed by atoms with Crippen LogP contribution in [-0.4, -0.2) is 15.1 Å². The van der Waals surface area contributed by atoms with E-state index < -0.39 is 0 Å². The van der Waals surface area contributed by atoms with Gasteiger partial charge in [-0.05, 0) is 48.3 Å². The number of rotatable bonds is 1. The first kappa shape index (κ1) is 12.7. The molecule has 0 bridgehead atoms. The van der Waals surface area contributed by atoms with Crippen molar-refractivity contribution in [1.29, 1.82) is 0 Å². The van der Waals surface area contributed by atoms with Crippen molar-refractivity contribution in [2.24, 2.45) is 11.3 Å². The lowest BCUT2D eigenvalue weighted by molar-refractivity contribution is 0.215. The molecule has 1 aliphatic carbocycles. The molecule has 19 heavy (non-hydrogen) atoms. The third-order valence-electron chi connectivity index (χ3n) is 4.42. The Kier molecular flexibility index (Phi) is 2.90. The monoisotopic (exact) mass is 258 g/mol. The molecule has 1 aliphatic rings. The second-order valence-electron chi connectivity index (χ2n) is 6.79. The quantitative estimate of drug-likeness (QED) is 0.825. The van der Waals surface area contributed by atoms with Gasteiger partial charge in [-0.1, -0.05) is 20.8 Å². The Balaban J connectivity index is 2.00. The number of aryl methyl sites for hydroxylation is 1. The van der Waals surface area contributed by atoms with Crippen LogP contribution in [0.3, 0.4) is 0 Å². The van der Waals surface area contributed by atoms with Crippen molar-refractivity contribution < 1.29 is 5.11 Å². The summed E-state index contributed by atoms with van der Waals surface area (Å²) in [6.45, 7) is 7.03. The van der Waals surface area contributed by atoms with Crippen molar-refractivity contribution in [1.82, 2.24) is 9.97 Å². The third-order valence-corrected chi connectivity index (χ3v) is 4.42. The van der Waals surface area contributed by atoms with Crippen molar-refractivity contribution in [2.45, 2.75) is 46.6 Å². The van der Waals surface area contributed by atoms with Gasteiger partial charge in [0.05, 0.1) is 17.6 Å². The van der Waals surface area contributed by atoms with E-state index in [1.807, 2.05) is 6.07 Å². The maximum absolute atomic E-state index is 9.19. The Morgan fingerprint density at radius 2 is 2.16 bits per heavy atom. The summed E-state index contributed by atoms with van der Waals surface area (Å²) in [5.74, 6) is 0.728. The highest BCUT2D eigenvalue weighted by Crippen LogP contribution is 2.37. The largest absolute Gasteiger partial charge is 0.390 e. The lowest BCUT2D eigenvalue weighted by Gasteiger charge is -2.34. The van der Waals surface area contributed by atoms with Gasteiger partial charge in [-0.25, -0.2) is 0 Å². The molecule has 1 unspecified atom stereocenters. The number of hydrogen-bond acceptors (Lipinski definition) is 2. The number of H-pyrrole nitrogens is 1. The standard InChI is InChI=1S/C16H22N2O/c1-16(2,3)11-4-5-13-10(6-11)7-14-15(18-13)8-12(9-19)17-14/h7-8,11,17,19H,4-6,9H2,1-3H3. The van der Waals surface area contributed by atoms with Gasteiger partial charge in [0.15, 0.2) is 0 Å². The fourth-order valence-electron chi connectivity index (χ4n) is 3.09. The van der Waals surface area contributed by atoms with Crippen LogP contribution in [0, 0.1) is 11.3 Å². The highest BCUT2D eigenvalue weighted by Gasteiger charge is 2.29. The summed E-state index contributed by atoms with van der Waals surface area (Å²) in [5.41, 5.74) is 5.87. The van der Waals surface area contributed by atoms with Crippen molar-refractivity contribution in [3.05, 3.63) is 29.1 Å². The van der Waals surface area contributed by atoms with E-state index >= 15 is 0 Å². The van der Waals surface area contributed by atoms with Crippen LogP contribution in [-0.2, 0) is 19.4 Å². The number of aliphatic hydroxyl groups excluding tert-OH is 1. The summed E-state index contributed by atoms with van der Waals surface area (Å²) in [6.07, 6.45) is 3.42. The molecule has 0 radical (unpaired) electrons. The lowest BCUT2D eigenvalue weighted by atomic mass is 9.71. The Hall–Kier alpha value is -1.35. The fourth-order valence-corrected chi connectivity index (χ4v) is 3.09. The van der Waals surface area contributed by atoms with Crippen LogP contribution in [0.1, 0.15) is 44.1 Å². The van der Waals surface area contributed by atoms with Gasteiger partial charge in [-0.15, -0.1) is 0 Å². The predicted molar refractivity (Wildman–Crippen MR) is 77.0 cm³/mol. The smallest absolute Gasteiger partial charge is 0.0886 e. The number of nitrogens with zero attached hydrogens (tertiary/aromatic N) is 1. The SMILES string of the molecule is CC(C)(C)C1CCc2nc3cc(CO)[nH]c3cc2C1. The average Bonchev–Trinajstić information content (AvgIpc) is 2.75. The van der Waals surface area contributed by atoms with E-state index in [9.17, 15) is 5.11 Å². The minimum absolute atomic E-state index is 0.0473. The van der Waals surface area contributed by atoms with E-state index in [2.05, 4.69) is 31.8 Å². The van der Waals surface area contributed by atoms with Crippen molar-refractivity contribution >= 4 is 11.0 Å². The summed E-state index contributed by atoms with van der Waals surface area (Å²) < 4.78 is 0. The molecule has 2 aromatic heterocycles. The van der Waals surface area contributed by atoms with Gasteiger partial charge in [-0.2, -0.15) is 0 Å². The summed E-state index contributed by atoms with van der Waals surface area (Å²) >= 11 is 0. The molecule has 2 N–H and O–H groups in total. The van der Waals surface area contributed by atoms with Gasteiger partial charge in [-0.3, -0.25) is 4.98 Å². The number of aromatic amines is 1. The zero-order valence-electron chi connectivity index (χ0n) is 12.0. The average molecular weight is 258 g/mol. The Morgan fingerprint density at radius 1 is 1.37 bits per heavy atom. The minimum atomic E-state index is 0.0473. The van der Waals surface area contributed by atoms with Crippen LogP contribution in [0.4, 0.5) is 0 Å². The second-order valence-corrected chi connectivity index (χ2v) is 6.79. The second kappa shape index (κ2) is 4.34. The first-order valence-corrected chi connectivity index (χ1v) is 7.08. The van der Waals surface area contributed by atoms with Gasteiger partial charge >= 0.3 is 0 Å². The van der Waals surface area contributed by atoms with Crippen LogP contribution >= 0.6 is 0 Å². The summed E-state index contributed by atoms with van der Waals surface area (Å²) in [5, 5.41) is 9.19. The van der Waals surface area contributed by atoms with E-state index in [-0.39, 0.29) is 6.61 Å². The maximum Gasteiger partial charge on any atom is 0.0886 e. The van der Waals surface area contributed by atoms with Gasteiger partial charge in [0.2, 0.25) is 0 Å². The molecule has 2 aromatic rings. The third kappa shape index (κ3) is 2.27. The zero-order valence-corrected chi connectivity index (χ0v) is 12.0. The molecule has 102 valence electrons. The van der Waals surface area contributed by atoms with E-state index in [0.29, 0.717) is 5.41 Å². The molecule has 0 aromatic carbocycles. The van der Waals surface area contributed by atoms with Crippen LogP contribution < -0.4 is 0 Å². The molecule has 2 heterocycles. The molecule has 3 rings (SSSR count). The Labute approximate surface area is 114 Å². The van der Waals surface area contributed by atoms with Gasteiger partial charge < -0.3 is 10.1 Å². The van der Waals surface area contributed by atoms with E-state index in [4.69, 9.17) is 4.98 Å². The zero-order chi connectivity index (χ0) is 13.6. The fraction of sp³-hybridized carbons (Fsp3) is 0.562. The minimum Gasteiger partial charge on any atom is -0.390 e. The summed E-state index contributed by atoms with van der Waals surface area (Å²) in [4.78, 5) is 7.99. The number of aliphatic hydroxyl groups is 1. The molecule has 3 nitrogen and oxygen atoms in total. The normalized spacial score (nSPS) is 19.7. The van der Waals surface area contributed by atoms with E-state index in [1.165, 1.54) is 17.7 Å². The first-order chi connectivity index (χ1) is 8.97. The van der Waals surface area contributed by atoms with Gasteiger partial charge in [0, 0.05) is 11.4 Å². The number of hydrogen-bond donors (Lipinski definition) is 2.